The van der Waals surface area contributed by atoms with Crippen LogP contribution in [-0.2, 0) is 0 Å². The molecule has 2 aromatic carbocycles. The summed E-state index contributed by atoms with van der Waals surface area (Å²) in [6, 6.07) is 11.5. The summed E-state index contributed by atoms with van der Waals surface area (Å²) in [5, 5.41) is 6.97. The van der Waals surface area contributed by atoms with Gasteiger partial charge in [0.1, 0.15) is 0 Å². The second-order valence-corrected chi connectivity index (χ2v) is 7.87. The molecule has 0 radical (unpaired) electrons. The van der Waals surface area contributed by atoms with Crippen molar-refractivity contribution in [2.45, 2.75) is 57.9 Å². The van der Waals surface area contributed by atoms with Crippen molar-refractivity contribution in [1.82, 2.24) is 0 Å². The number of rotatable bonds is 6. The van der Waals surface area contributed by atoms with Crippen LogP contribution in [0.5, 0.6) is 0 Å². The minimum absolute atomic E-state index is 0.0531. The third kappa shape index (κ3) is 3.44. The maximum Gasteiger partial charge on any atom is 0.196 e. The van der Waals surface area contributed by atoms with Crippen LogP contribution in [0.3, 0.4) is 0 Å². The van der Waals surface area contributed by atoms with Crippen molar-refractivity contribution in [2.75, 3.05) is 17.2 Å². The maximum atomic E-state index is 13.4. The number of fused-ring (bicyclic) bond motifs is 2. The van der Waals surface area contributed by atoms with Gasteiger partial charge in [-0.3, -0.25) is 9.59 Å². The Bertz CT molecular complexity index is 897. The highest BCUT2D eigenvalue weighted by Gasteiger charge is 2.34. The van der Waals surface area contributed by atoms with E-state index in [1.807, 2.05) is 24.3 Å². The van der Waals surface area contributed by atoms with Crippen molar-refractivity contribution >= 4 is 22.9 Å². The van der Waals surface area contributed by atoms with Gasteiger partial charge in [0, 0.05) is 35.1 Å². The molecule has 146 valence electrons. The van der Waals surface area contributed by atoms with E-state index in [4.69, 9.17) is 0 Å². The molecule has 2 aliphatic rings. The summed E-state index contributed by atoms with van der Waals surface area (Å²) in [5.74, 6) is -0.112. The van der Waals surface area contributed by atoms with E-state index in [0.717, 1.165) is 43.6 Å². The predicted molar refractivity (Wildman–Crippen MR) is 114 cm³/mol. The topological polar surface area (TPSA) is 58.2 Å². The normalized spacial score (nSPS) is 16.5. The lowest BCUT2D eigenvalue weighted by molar-refractivity contribution is 0.0980. The van der Waals surface area contributed by atoms with E-state index in [2.05, 4.69) is 17.6 Å². The summed E-state index contributed by atoms with van der Waals surface area (Å²) in [6.45, 7) is 2.93. The first-order valence-electron chi connectivity index (χ1n) is 10.6. The van der Waals surface area contributed by atoms with Gasteiger partial charge < -0.3 is 10.6 Å². The molecule has 0 amide bonds. The lowest BCUT2D eigenvalue weighted by Crippen LogP contribution is -2.28. The summed E-state index contributed by atoms with van der Waals surface area (Å²) in [7, 11) is 0. The Morgan fingerprint density at radius 1 is 0.857 bits per heavy atom. The van der Waals surface area contributed by atoms with Crippen molar-refractivity contribution in [1.29, 1.82) is 0 Å². The van der Waals surface area contributed by atoms with E-state index < -0.39 is 0 Å². The van der Waals surface area contributed by atoms with Gasteiger partial charge in [0.05, 0.1) is 11.1 Å². The Hall–Kier alpha value is -2.62. The van der Waals surface area contributed by atoms with Gasteiger partial charge in [0.25, 0.3) is 0 Å². The molecule has 2 N–H and O–H groups in total. The summed E-state index contributed by atoms with van der Waals surface area (Å²) >= 11 is 0. The first kappa shape index (κ1) is 18.7. The molecule has 0 spiro atoms. The largest absolute Gasteiger partial charge is 0.384 e. The molecule has 0 aromatic heterocycles. The highest BCUT2D eigenvalue weighted by Crippen LogP contribution is 2.37. The fourth-order valence-corrected chi connectivity index (χ4v) is 4.36. The number of carbonyl (C=O) groups excluding carboxylic acids is 2. The van der Waals surface area contributed by atoms with Crippen LogP contribution in [0.15, 0.2) is 36.4 Å². The second-order valence-electron chi connectivity index (χ2n) is 7.87. The van der Waals surface area contributed by atoms with Gasteiger partial charge in [-0.05, 0) is 31.4 Å². The number of nitrogens with one attached hydrogen (secondary N) is 2. The van der Waals surface area contributed by atoms with Crippen LogP contribution in [0, 0.1) is 0 Å². The van der Waals surface area contributed by atoms with Crippen LogP contribution < -0.4 is 10.6 Å². The van der Waals surface area contributed by atoms with Crippen molar-refractivity contribution in [3.05, 3.63) is 58.7 Å². The molecule has 0 unspecified atom stereocenters. The number of hydrogen-bond donors (Lipinski definition) is 2. The highest BCUT2D eigenvalue weighted by molar-refractivity contribution is 6.31. The first-order chi connectivity index (χ1) is 13.7. The molecule has 1 fully saturated rings. The van der Waals surface area contributed by atoms with E-state index >= 15 is 0 Å². The summed E-state index contributed by atoms with van der Waals surface area (Å²) in [6.07, 6.45) is 8.04. The monoisotopic (exact) mass is 376 g/mol. The van der Waals surface area contributed by atoms with E-state index in [0.29, 0.717) is 28.3 Å². The molecule has 0 bridgehead atoms. The number of unbranched alkanes of at least 4 members (excludes halogenated alkanes) is 1. The molecule has 0 heterocycles. The van der Waals surface area contributed by atoms with E-state index in [1.165, 1.54) is 19.3 Å². The van der Waals surface area contributed by atoms with Gasteiger partial charge in [-0.2, -0.15) is 0 Å². The van der Waals surface area contributed by atoms with E-state index in [9.17, 15) is 9.59 Å². The molecule has 0 aliphatic heterocycles. The summed E-state index contributed by atoms with van der Waals surface area (Å²) < 4.78 is 0. The molecule has 4 rings (SSSR count). The molecule has 28 heavy (non-hydrogen) atoms. The van der Waals surface area contributed by atoms with Crippen LogP contribution in [0.1, 0.15) is 83.7 Å². The van der Waals surface area contributed by atoms with Crippen molar-refractivity contribution in [3.8, 4) is 0 Å². The average Bonchev–Trinajstić information content (AvgIpc) is 2.73. The SMILES string of the molecule is CCCCNc1ccc(NC2CCCCC2)c2c1C(=O)c1ccccc1C2=O. The summed E-state index contributed by atoms with van der Waals surface area (Å²) in [5.41, 5.74) is 3.66. The van der Waals surface area contributed by atoms with Crippen LogP contribution in [0.25, 0.3) is 0 Å². The standard InChI is InChI=1S/C24H28N2O2/c1-2-3-15-25-19-13-14-20(26-16-9-5-4-6-10-16)22-21(19)23(27)17-11-7-8-12-18(17)24(22)28/h7-8,11-14,16,25-26H,2-6,9-10,15H2,1H3. The Morgan fingerprint density at radius 3 is 2.11 bits per heavy atom. The van der Waals surface area contributed by atoms with Gasteiger partial charge in [-0.15, -0.1) is 0 Å². The van der Waals surface area contributed by atoms with E-state index in [1.54, 1.807) is 12.1 Å². The molecule has 0 atom stereocenters. The van der Waals surface area contributed by atoms with Gasteiger partial charge in [-0.1, -0.05) is 56.9 Å². The smallest absolute Gasteiger partial charge is 0.196 e. The highest BCUT2D eigenvalue weighted by atomic mass is 16.1. The number of carbonyl (C=O) groups is 2. The third-order valence-electron chi connectivity index (χ3n) is 5.89. The van der Waals surface area contributed by atoms with Crippen molar-refractivity contribution < 1.29 is 9.59 Å². The molecule has 2 aliphatic carbocycles. The van der Waals surface area contributed by atoms with Gasteiger partial charge >= 0.3 is 0 Å². The van der Waals surface area contributed by atoms with Crippen LogP contribution >= 0.6 is 0 Å². The lowest BCUT2D eigenvalue weighted by atomic mass is 9.82. The first-order valence-corrected chi connectivity index (χ1v) is 10.6. The molecule has 1 saturated carbocycles. The molecule has 4 heteroatoms. The summed E-state index contributed by atoms with van der Waals surface area (Å²) in [4.78, 5) is 26.7. The van der Waals surface area contributed by atoms with Gasteiger partial charge in [-0.25, -0.2) is 0 Å². The van der Waals surface area contributed by atoms with Crippen molar-refractivity contribution in [3.63, 3.8) is 0 Å². The number of ketones is 2. The minimum atomic E-state index is -0.0588. The number of benzene rings is 2. The fraction of sp³-hybridized carbons (Fsp3) is 0.417. The Morgan fingerprint density at radius 2 is 1.46 bits per heavy atom. The molecular weight excluding hydrogens is 348 g/mol. The molecule has 4 nitrogen and oxygen atoms in total. The molecular formula is C24H28N2O2. The van der Waals surface area contributed by atoms with Crippen molar-refractivity contribution in [2.24, 2.45) is 0 Å². The zero-order chi connectivity index (χ0) is 19.5. The lowest BCUT2D eigenvalue weighted by Gasteiger charge is -2.28. The Balaban J connectivity index is 1.77. The molecule has 0 saturated heterocycles. The molecule has 2 aromatic rings. The van der Waals surface area contributed by atoms with Crippen LogP contribution in [0.4, 0.5) is 11.4 Å². The van der Waals surface area contributed by atoms with Crippen LogP contribution in [-0.4, -0.2) is 24.2 Å². The number of hydrogen-bond acceptors (Lipinski definition) is 4. The zero-order valence-corrected chi connectivity index (χ0v) is 16.5. The van der Waals surface area contributed by atoms with Gasteiger partial charge in [0.15, 0.2) is 11.6 Å². The predicted octanol–water partition coefficient (Wildman–Crippen LogP) is 5.42. The third-order valence-corrected chi connectivity index (χ3v) is 5.89. The number of anilines is 2. The fourth-order valence-electron chi connectivity index (χ4n) is 4.36. The minimum Gasteiger partial charge on any atom is -0.384 e. The van der Waals surface area contributed by atoms with Gasteiger partial charge in [0.2, 0.25) is 0 Å². The van der Waals surface area contributed by atoms with Crippen LogP contribution in [0.2, 0.25) is 0 Å². The quantitative estimate of drug-likeness (QED) is 0.564. The Labute approximate surface area is 166 Å². The van der Waals surface area contributed by atoms with E-state index in [-0.39, 0.29) is 11.6 Å². The zero-order valence-electron chi connectivity index (χ0n) is 16.5. The Kier molecular flexibility index (Phi) is 5.47. The average molecular weight is 377 g/mol. The second kappa shape index (κ2) is 8.17. The maximum absolute atomic E-state index is 13.4.